The highest BCUT2D eigenvalue weighted by atomic mass is 33.1. The Bertz CT molecular complexity index is 3850. The third-order valence-electron chi connectivity index (χ3n) is 11.1. The highest BCUT2D eigenvalue weighted by Gasteiger charge is 2.46. The predicted octanol–water partition coefficient (Wildman–Crippen LogP) is 5.88. The van der Waals surface area contributed by atoms with E-state index < -0.39 is 130 Å². The first-order valence-corrected chi connectivity index (χ1v) is 35.1. The van der Waals surface area contributed by atoms with Crippen molar-refractivity contribution in [3.05, 3.63) is 81.2 Å². The lowest BCUT2D eigenvalue weighted by atomic mass is 9.89. The monoisotopic (exact) mass is 1320 g/mol. The maximum atomic E-state index is 13.1. The topological polar surface area (TPSA) is 482 Å². The maximum Gasteiger partial charge on any atom is 0.490 e. The number of nitrogens with zero attached hydrogens (tertiary/aromatic N) is 2. The quantitative estimate of drug-likeness (QED) is 0.00395. The van der Waals surface area contributed by atoms with Gasteiger partial charge in [0.1, 0.15) is 49.0 Å². The molecule has 3 aliphatic heterocycles. The van der Waals surface area contributed by atoms with E-state index in [1.807, 2.05) is 34.6 Å². The molecule has 4 heterocycles. The maximum absolute atomic E-state index is 13.1. The van der Waals surface area contributed by atoms with Gasteiger partial charge in [0.15, 0.2) is 21.1 Å². The minimum absolute atomic E-state index is 0.0637. The number of hydrogen-bond donors (Lipinski definition) is 11. The van der Waals surface area contributed by atoms with Gasteiger partial charge in [-0.05, 0) is 55.3 Å². The molecule has 4 unspecified atom stereocenters. The molecule has 2 fully saturated rings. The van der Waals surface area contributed by atoms with E-state index in [1.165, 1.54) is 79.7 Å². The summed E-state index contributed by atoms with van der Waals surface area (Å²) in [5.74, 6) is 3.34. The molecule has 13 N–H and O–H groups in total. The summed E-state index contributed by atoms with van der Waals surface area (Å²) in [5, 5.41) is 21.2. The van der Waals surface area contributed by atoms with Crippen LogP contribution in [0.3, 0.4) is 0 Å². The number of nitrogens with one attached hydrogen (secondary N) is 2. The van der Waals surface area contributed by atoms with Gasteiger partial charge in [-0.3, -0.25) is 28.9 Å². The number of fused-ring (bicyclic) bond motifs is 2. The van der Waals surface area contributed by atoms with Crippen LogP contribution in [0.5, 0.6) is 0 Å². The number of carboxylic acids is 1. The summed E-state index contributed by atoms with van der Waals surface area (Å²) in [4.78, 5) is 64.5. The second-order valence-corrected chi connectivity index (χ2v) is 32.0. The number of carboxylic acid groups (broad SMARTS) is 1. The van der Waals surface area contributed by atoms with Gasteiger partial charge in [-0.25, -0.2) is 23.3 Å². The second-order valence-electron chi connectivity index (χ2n) is 18.9. The smallest absolute Gasteiger partial charge is 0.478 e. The van der Waals surface area contributed by atoms with E-state index in [-0.39, 0.29) is 68.7 Å². The van der Waals surface area contributed by atoms with Crippen molar-refractivity contribution in [3.63, 3.8) is 0 Å². The molecule has 0 spiro atoms. The fraction of sp³-hybridized carbons (Fsp3) is 0.395. The van der Waals surface area contributed by atoms with Crippen molar-refractivity contribution in [1.29, 1.82) is 5.41 Å². The Morgan fingerprint density at radius 2 is 1.59 bits per heavy atom. The molecular formula is C43H51N6O24P3S6. The Labute approximate surface area is 481 Å². The number of anilines is 2. The summed E-state index contributed by atoms with van der Waals surface area (Å²) >= 11 is 0. The van der Waals surface area contributed by atoms with Crippen LogP contribution in [-0.4, -0.2) is 119 Å². The van der Waals surface area contributed by atoms with Gasteiger partial charge in [-0.2, -0.15) is 30.4 Å². The zero-order valence-electron chi connectivity index (χ0n) is 43.0. The first-order valence-electron chi connectivity index (χ1n) is 23.1. The first kappa shape index (κ1) is 65.6. The molecule has 0 saturated carbocycles. The highest BCUT2D eigenvalue weighted by Crippen LogP contribution is 2.66. The number of benzene rings is 3. The molecule has 3 aromatic rings. The van der Waals surface area contributed by atoms with E-state index >= 15 is 0 Å². The molecule has 1 aromatic heterocycles. The summed E-state index contributed by atoms with van der Waals surface area (Å²) in [7, 11) is -21.9. The lowest BCUT2D eigenvalue weighted by Gasteiger charge is -2.24. The number of nitrogens with two attached hydrogens (primary N) is 2. The van der Waals surface area contributed by atoms with Crippen LogP contribution in [0.15, 0.2) is 67.7 Å². The normalized spacial score (nSPS) is 20.3. The summed E-state index contributed by atoms with van der Waals surface area (Å²) in [6.45, 7) is 8.62. The van der Waals surface area contributed by atoms with Crippen molar-refractivity contribution in [2.75, 3.05) is 36.6 Å². The molecule has 1 aliphatic carbocycles. The van der Waals surface area contributed by atoms with Crippen molar-refractivity contribution in [3.8, 4) is 34.3 Å². The lowest BCUT2D eigenvalue weighted by molar-refractivity contribution is -0.0543. The van der Waals surface area contributed by atoms with Gasteiger partial charge in [0, 0.05) is 33.9 Å². The number of ether oxygens (including phenoxy) is 4. The first-order chi connectivity index (χ1) is 37.8. The molecule has 30 nitrogen and oxygen atoms in total. The second kappa shape index (κ2) is 25.2. The van der Waals surface area contributed by atoms with Crippen LogP contribution in [-0.2, 0) is 66.0 Å². The molecule has 82 heavy (non-hydrogen) atoms. The van der Waals surface area contributed by atoms with E-state index in [1.54, 1.807) is 0 Å². The predicted molar refractivity (Wildman–Crippen MR) is 299 cm³/mol. The Morgan fingerprint density at radius 1 is 0.915 bits per heavy atom. The molecular weight excluding hydrogens is 1270 g/mol. The average Bonchev–Trinajstić information content (AvgIpc) is 4.08. The number of nitrogen functional groups attached to an aromatic ring is 2. The summed E-state index contributed by atoms with van der Waals surface area (Å²) in [6, 6.07) is 8.86. The molecule has 2 aromatic carbocycles. The van der Waals surface area contributed by atoms with Crippen molar-refractivity contribution >= 4 is 115 Å². The largest absolute Gasteiger partial charge is 0.490 e. The van der Waals surface area contributed by atoms with Crippen molar-refractivity contribution in [1.82, 2.24) is 14.9 Å². The van der Waals surface area contributed by atoms with Crippen molar-refractivity contribution < 1.29 is 106 Å². The number of hydrogen-bond acceptors (Lipinski definition) is 26. The fourth-order valence-electron chi connectivity index (χ4n) is 7.97. The van der Waals surface area contributed by atoms with Crippen LogP contribution in [0.2, 0.25) is 0 Å². The van der Waals surface area contributed by atoms with Crippen LogP contribution >= 0.6 is 66.6 Å². The summed E-state index contributed by atoms with van der Waals surface area (Å²) in [5.41, 5.74) is 9.71. The van der Waals surface area contributed by atoms with Crippen molar-refractivity contribution in [2.24, 2.45) is 0 Å². The number of rotatable bonds is 24. The Morgan fingerprint density at radius 3 is 2.23 bits per heavy atom. The molecule has 7 rings (SSSR count). The number of aromatic nitrogens is 2. The van der Waals surface area contributed by atoms with E-state index in [2.05, 4.69) is 30.8 Å². The third kappa shape index (κ3) is 16.9. The van der Waals surface area contributed by atoms with E-state index in [9.17, 15) is 64.1 Å². The standard InChI is InChI=1S/C43H51N6O24P3S6/c1-42(2,3)79-78-20-67-29-16-31(69-30(29)18-68-75(56,57)73-76(58,59)72-74(53,54)55)49-17-22(38(46)47-41(49)52)7-6-14-66-19-77-80-43(4,5)48-39-33(71-39)21-8-9-23(26(15-21)40(50)51)32-24-10-12-27(44)36(81(60,61)62)34(24)70-35-25(32)11-13-28(45)37(35)82(63,64)65/h8-13,15,17,29-31,33,39,44,48H,14,16,18-20,45H2,1-5H3,(H,50,51)(H,56,57)(H,58,59)(H2,46,47,52)(H2,53,54,55)(H,60,61,62)(H,63,64,65)/t29-,30-,31-,33?,39?/m1/s1. The minimum atomic E-state index is -5.82. The van der Waals surface area contributed by atoms with Gasteiger partial charge in [0.25, 0.3) is 20.2 Å². The van der Waals surface area contributed by atoms with Crippen LogP contribution in [0.4, 0.5) is 11.5 Å². The molecule has 0 amide bonds. The molecule has 7 atom stereocenters. The minimum Gasteiger partial charge on any atom is -0.478 e. The SMILES string of the molecule is CC(C)(C)SSCO[C@@H]1C[C@H](n2cc(C#CCOCSSC(C)(C)NC3OC3c3ccc(-c4c5ccc(=N)c(S(=O)(=O)O)c-5oc5c(S(=O)(=O)O)c(N)ccc45)c(C(=O)O)c3)c(N)nc2=O)O[C@@H]1COP(=O)(O)OP(=O)(O)OP(=O)(O)O. The Hall–Kier alpha value is -3.93. The molecule has 0 radical (unpaired) electrons. The van der Waals surface area contributed by atoms with Gasteiger partial charge < -0.3 is 59.5 Å². The fourth-order valence-corrected chi connectivity index (χ4v) is 16.5. The number of phosphoric acid groups is 3. The van der Waals surface area contributed by atoms with Gasteiger partial charge in [0.2, 0.25) is 0 Å². The average molecular weight is 1320 g/mol. The molecule has 0 bridgehead atoms. The van der Waals surface area contributed by atoms with E-state index in [4.69, 9.17) is 54.6 Å². The molecule has 2 saturated heterocycles. The molecule has 39 heteroatoms. The number of epoxide rings is 1. The van der Waals surface area contributed by atoms with Crippen LogP contribution in [0.25, 0.3) is 33.4 Å². The number of carbonyl (C=O) groups is 1. The van der Waals surface area contributed by atoms with Gasteiger partial charge in [-0.15, -0.1) is 0 Å². The molecule has 448 valence electrons. The van der Waals surface area contributed by atoms with Gasteiger partial charge >= 0.3 is 35.1 Å². The van der Waals surface area contributed by atoms with E-state index in [0.29, 0.717) is 5.56 Å². The summed E-state index contributed by atoms with van der Waals surface area (Å²) < 4.78 is 149. The summed E-state index contributed by atoms with van der Waals surface area (Å²) in [6.07, 6.45) is -3.41. The number of phosphoric ester groups is 1. The lowest BCUT2D eigenvalue weighted by Crippen LogP contribution is -2.37. The Kier molecular flexibility index (Phi) is 20.2. The third-order valence-corrected chi connectivity index (χ3v) is 22.6. The van der Waals surface area contributed by atoms with Crippen molar-refractivity contribution in [2.45, 2.75) is 91.2 Å². The van der Waals surface area contributed by atoms with Crippen LogP contribution in [0.1, 0.15) is 74.9 Å². The number of aromatic carboxylic acids is 1. The van der Waals surface area contributed by atoms with Crippen LogP contribution < -0.4 is 27.8 Å². The van der Waals surface area contributed by atoms with Crippen LogP contribution in [0, 0.1) is 17.3 Å². The molecule has 4 aliphatic rings. The van der Waals surface area contributed by atoms with Gasteiger partial charge in [0.05, 0.1) is 39.8 Å². The zero-order valence-corrected chi connectivity index (χ0v) is 50.5. The Balaban J connectivity index is 0.978. The highest BCUT2D eigenvalue weighted by molar-refractivity contribution is 8.77. The van der Waals surface area contributed by atoms with Gasteiger partial charge in [-0.1, -0.05) is 87.9 Å². The van der Waals surface area contributed by atoms with E-state index in [0.717, 1.165) is 16.7 Å². The zero-order chi connectivity index (χ0) is 60.7.